The van der Waals surface area contributed by atoms with Crippen molar-refractivity contribution in [1.82, 2.24) is 4.90 Å². The number of hydrogen-bond donors (Lipinski definition) is 2. The molecule has 0 bridgehead atoms. The van der Waals surface area contributed by atoms with Gasteiger partial charge in [-0.3, -0.25) is 9.59 Å². The highest BCUT2D eigenvalue weighted by Crippen LogP contribution is 2.44. The maximum Gasteiger partial charge on any atom is 0.295 e. The molecule has 204 valence electrons. The summed E-state index contributed by atoms with van der Waals surface area (Å²) in [6, 6.07) is 16.9. The van der Waals surface area contributed by atoms with Crippen molar-refractivity contribution in [2.75, 3.05) is 27.4 Å². The standard InChI is InChI=1S/C30H30BrNO7/c1-18-7-4-5-8-20(18)17-39-22-11-9-19(10-12-22)27(33)25-26(21-15-23(31)28(34)24(16-21)38-3)32(13-6-14-37-2)30(36)29(25)35/h4-5,7-12,15-16,26,33-34H,6,13-14,17H2,1-3H3/b27-25+. The van der Waals surface area contributed by atoms with Crippen LogP contribution in [0.15, 0.2) is 70.7 Å². The molecule has 4 rings (SSSR count). The molecule has 0 aromatic heterocycles. The second kappa shape index (κ2) is 12.4. The Balaban J connectivity index is 1.70. The Morgan fingerprint density at radius 1 is 1.05 bits per heavy atom. The average molecular weight is 596 g/mol. The summed E-state index contributed by atoms with van der Waals surface area (Å²) < 4.78 is 16.6. The van der Waals surface area contributed by atoms with E-state index >= 15 is 0 Å². The summed E-state index contributed by atoms with van der Waals surface area (Å²) >= 11 is 3.31. The molecular weight excluding hydrogens is 566 g/mol. The normalized spacial score (nSPS) is 16.5. The van der Waals surface area contributed by atoms with Crippen LogP contribution in [0.5, 0.6) is 17.2 Å². The molecule has 3 aromatic rings. The molecule has 9 heteroatoms. The first-order chi connectivity index (χ1) is 18.8. The molecule has 0 saturated carbocycles. The lowest BCUT2D eigenvalue weighted by Gasteiger charge is -2.26. The Kier molecular flexibility index (Phi) is 8.93. The second-order valence-electron chi connectivity index (χ2n) is 9.13. The first kappa shape index (κ1) is 28.2. The number of amides is 1. The van der Waals surface area contributed by atoms with Crippen molar-refractivity contribution in [3.63, 3.8) is 0 Å². The van der Waals surface area contributed by atoms with Gasteiger partial charge >= 0.3 is 0 Å². The topological polar surface area (TPSA) is 106 Å². The zero-order chi connectivity index (χ0) is 28.1. The fourth-order valence-corrected chi connectivity index (χ4v) is 5.00. The van der Waals surface area contributed by atoms with Gasteiger partial charge in [0.2, 0.25) is 0 Å². The summed E-state index contributed by atoms with van der Waals surface area (Å²) in [6.45, 7) is 3.03. The van der Waals surface area contributed by atoms with E-state index in [9.17, 15) is 19.8 Å². The van der Waals surface area contributed by atoms with E-state index in [1.165, 1.54) is 12.0 Å². The van der Waals surface area contributed by atoms with Gasteiger partial charge in [-0.05, 0) is 82.4 Å². The third-order valence-electron chi connectivity index (χ3n) is 6.66. The zero-order valence-electron chi connectivity index (χ0n) is 21.9. The van der Waals surface area contributed by atoms with Crippen molar-refractivity contribution in [2.24, 2.45) is 0 Å². The summed E-state index contributed by atoms with van der Waals surface area (Å²) in [6.07, 6.45) is 0.489. The number of ketones is 1. The van der Waals surface area contributed by atoms with Gasteiger partial charge in [0.1, 0.15) is 18.1 Å². The molecule has 1 heterocycles. The van der Waals surface area contributed by atoms with Crippen molar-refractivity contribution in [2.45, 2.75) is 26.0 Å². The lowest BCUT2D eigenvalue weighted by Crippen LogP contribution is -2.31. The number of aliphatic hydroxyl groups is 1. The number of aromatic hydroxyl groups is 1. The highest BCUT2D eigenvalue weighted by atomic mass is 79.9. The van der Waals surface area contributed by atoms with Crippen molar-refractivity contribution in [3.8, 4) is 17.2 Å². The fraction of sp³-hybridized carbons (Fsp3) is 0.267. The minimum atomic E-state index is -0.898. The van der Waals surface area contributed by atoms with E-state index in [0.29, 0.717) is 41.0 Å². The van der Waals surface area contributed by atoms with Gasteiger partial charge in [-0.1, -0.05) is 24.3 Å². The third kappa shape index (κ3) is 5.94. The van der Waals surface area contributed by atoms with Crippen molar-refractivity contribution < 1.29 is 34.0 Å². The van der Waals surface area contributed by atoms with Gasteiger partial charge in [-0.15, -0.1) is 0 Å². The van der Waals surface area contributed by atoms with Gasteiger partial charge in [-0.25, -0.2) is 0 Å². The summed E-state index contributed by atoms with van der Waals surface area (Å²) in [7, 11) is 2.96. The number of benzene rings is 3. The summed E-state index contributed by atoms with van der Waals surface area (Å²) in [5, 5.41) is 21.6. The molecule has 1 atom stereocenters. The predicted molar refractivity (Wildman–Crippen MR) is 150 cm³/mol. The number of carbonyl (C=O) groups is 2. The Morgan fingerprint density at radius 2 is 1.77 bits per heavy atom. The summed E-state index contributed by atoms with van der Waals surface area (Å²) in [5.41, 5.74) is 2.99. The van der Waals surface area contributed by atoms with Gasteiger partial charge in [0.25, 0.3) is 11.7 Å². The summed E-state index contributed by atoms with van der Waals surface area (Å²) in [5.74, 6) is -1.17. The smallest absolute Gasteiger partial charge is 0.295 e. The molecule has 0 aliphatic carbocycles. The number of nitrogens with zero attached hydrogens (tertiary/aromatic N) is 1. The minimum Gasteiger partial charge on any atom is -0.507 e. The second-order valence-corrected chi connectivity index (χ2v) is 9.99. The molecule has 1 fully saturated rings. The number of likely N-dealkylation sites (tertiary alicyclic amines) is 1. The van der Waals surface area contributed by atoms with E-state index < -0.39 is 17.7 Å². The van der Waals surface area contributed by atoms with Gasteiger partial charge in [-0.2, -0.15) is 0 Å². The van der Waals surface area contributed by atoms with Crippen LogP contribution >= 0.6 is 15.9 Å². The van der Waals surface area contributed by atoms with Crippen LogP contribution in [0.3, 0.4) is 0 Å². The Bertz CT molecular complexity index is 1400. The zero-order valence-corrected chi connectivity index (χ0v) is 23.5. The van der Waals surface area contributed by atoms with Gasteiger partial charge in [0, 0.05) is 25.8 Å². The van der Waals surface area contributed by atoms with Crippen LogP contribution < -0.4 is 9.47 Å². The molecule has 1 amide bonds. The monoisotopic (exact) mass is 595 g/mol. The van der Waals surface area contributed by atoms with Gasteiger partial charge in [0.05, 0.1) is 23.2 Å². The van der Waals surface area contributed by atoms with Crippen LogP contribution in [-0.4, -0.2) is 54.2 Å². The van der Waals surface area contributed by atoms with E-state index in [4.69, 9.17) is 14.2 Å². The molecule has 2 N–H and O–H groups in total. The molecule has 1 unspecified atom stereocenters. The number of aliphatic hydroxyl groups excluding tert-OH is 1. The molecule has 8 nitrogen and oxygen atoms in total. The largest absolute Gasteiger partial charge is 0.507 e. The van der Waals surface area contributed by atoms with E-state index in [0.717, 1.165) is 11.1 Å². The highest BCUT2D eigenvalue weighted by Gasteiger charge is 2.46. The predicted octanol–water partition coefficient (Wildman–Crippen LogP) is 5.51. The van der Waals surface area contributed by atoms with Crippen LogP contribution in [0, 0.1) is 6.92 Å². The molecular formula is C30H30BrNO7. The lowest BCUT2D eigenvalue weighted by atomic mass is 9.95. The molecule has 3 aromatic carbocycles. The average Bonchev–Trinajstić information content (AvgIpc) is 3.19. The van der Waals surface area contributed by atoms with Crippen LogP contribution in [0.25, 0.3) is 5.76 Å². The van der Waals surface area contributed by atoms with E-state index in [1.807, 2.05) is 31.2 Å². The fourth-order valence-electron chi connectivity index (χ4n) is 4.54. The number of rotatable bonds is 10. The maximum absolute atomic E-state index is 13.3. The number of Topliss-reactive ketones (excluding diaryl/α,β-unsaturated/α-hetero) is 1. The van der Waals surface area contributed by atoms with Crippen molar-refractivity contribution in [3.05, 3.63) is 93.0 Å². The number of aryl methyl sites for hydroxylation is 1. The number of ether oxygens (including phenoxy) is 3. The van der Waals surface area contributed by atoms with E-state index in [2.05, 4.69) is 15.9 Å². The molecule has 0 radical (unpaired) electrons. The van der Waals surface area contributed by atoms with Crippen molar-refractivity contribution >= 4 is 33.4 Å². The number of phenols is 1. The Morgan fingerprint density at radius 3 is 2.44 bits per heavy atom. The molecule has 39 heavy (non-hydrogen) atoms. The Hall–Kier alpha value is -3.82. The molecule has 1 aliphatic heterocycles. The van der Waals surface area contributed by atoms with Crippen LogP contribution in [0.1, 0.15) is 34.7 Å². The van der Waals surface area contributed by atoms with Crippen LogP contribution in [0.2, 0.25) is 0 Å². The quantitative estimate of drug-likeness (QED) is 0.138. The van der Waals surface area contributed by atoms with Gasteiger partial charge < -0.3 is 29.3 Å². The lowest BCUT2D eigenvalue weighted by molar-refractivity contribution is -0.140. The van der Waals surface area contributed by atoms with E-state index in [-0.39, 0.29) is 29.4 Å². The van der Waals surface area contributed by atoms with Crippen LogP contribution in [0.4, 0.5) is 0 Å². The van der Waals surface area contributed by atoms with E-state index in [1.54, 1.807) is 43.5 Å². The number of carbonyl (C=O) groups excluding carboxylic acids is 2. The summed E-state index contributed by atoms with van der Waals surface area (Å²) in [4.78, 5) is 27.8. The highest BCUT2D eigenvalue weighted by molar-refractivity contribution is 9.10. The number of phenolic OH excluding ortho intramolecular Hbond substituents is 1. The first-order valence-corrected chi connectivity index (χ1v) is 13.2. The first-order valence-electron chi connectivity index (χ1n) is 12.4. The van der Waals surface area contributed by atoms with Crippen LogP contribution in [-0.2, 0) is 20.9 Å². The maximum atomic E-state index is 13.3. The van der Waals surface area contributed by atoms with Gasteiger partial charge in [0.15, 0.2) is 11.5 Å². The van der Waals surface area contributed by atoms with Crippen molar-refractivity contribution in [1.29, 1.82) is 0 Å². The number of halogens is 1. The molecule has 1 saturated heterocycles. The third-order valence-corrected chi connectivity index (χ3v) is 7.26. The number of hydrogen-bond acceptors (Lipinski definition) is 7. The SMILES string of the molecule is COCCCN1C(=O)C(=O)/C(=C(/O)c2ccc(OCc3ccccc3C)cc2)C1c1cc(Br)c(O)c(OC)c1. The molecule has 0 spiro atoms. The molecule has 1 aliphatic rings. The Labute approximate surface area is 235 Å². The minimum absolute atomic E-state index is 0.0503. The number of methoxy groups -OCH3 is 2.